The summed E-state index contributed by atoms with van der Waals surface area (Å²) < 4.78 is 6.19. The van der Waals surface area contributed by atoms with Crippen LogP contribution >= 0.6 is 15.9 Å². The highest BCUT2D eigenvalue weighted by atomic mass is 79.9. The lowest BCUT2D eigenvalue weighted by Gasteiger charge is -2.07. The number of carboxylic acids is 1. The molecule has 0 amide bonds. The first-order valence-corrected chi connectivity index (χ1v) is 5.42. The summed E-state index contributed by atoms with van der Waals surface area (Å²) in [7, 11) is 0. The maximum atomic E-state index is 10.9. The Balaban J connectivity index is 2.33. The van der Waals surface area contributed by atoms with Gasteiger partial charge >= 0.3 is 5.97 Å². The average molecular weight is 295 g/mol. The van der Waals surface area contributed by atoms with Gasteiger partial charge in [0.1, 0.15) is 17.1 Å². The van der Waals surface area contributed by atoms with Crippen molar-refractivity contribution in [3.63, 3.8) is 0 Å². The molecule has 2 aromatic rings. The van der Waals surface area contributed by atoms with Crippen LogP contribution in [0, 0.1) is 0 Å². The number of ether oxygens (including phenoxy) is 1. The SMILES string of the molecule is O=C(O)c1cnccc1Oc1cncc(Br)c1. The predicted molar refractivity (Wildman–Crippen MR) is 63.2 cm³/mol. The van der Waals surface area contributed by atoms with Gasteiger partial charge in [0.25, 0.3) is 0 Å². The largest absolute Gasteiger partial charge is 0.477 e. The Labute approximate surface area is 105 Å². The number of nitrogens with zero attached hydrogens (tertiary/aromatic N) is 2. The molecule has 2 aromatic heterocycles. The minimum absolute atomic E-state index is 0.00692. The Morgan fingerprint density at radius 3 is 2.82 bits per heavy atom. The molecule has 0 aliphatic rings. The van der Waals surface area contributed by atoms with E-state index in [9.17, 15) is 4.79 Å². The van der Waals surface area contributed by atoms with E-state index >= 15 is 0 Å². The molecule has 0 bridgehead atoms. The maximum Gasteiger partial charge on any atom is 0.341 e. The Morgan fingerprint density at radius 1 is 1.29 bits per heavy atom. The van der Waals surface area contributed by atoms with Crippen LogP contribution in [0.2, 0.25) is 0 Å². The molecule has 0 fully saturated rings. The Hall–Kier alpha value is -1.95. The van der Waals surface area contributed by atoms with Crippen molar-refractivity contribution in [3.8, 4) is 11.5 Å². The third-order valence-electron chi connectivity index (χ3n) is 1.92. The van der Waals surface area contributed by atoms with Gasteiger partial charge in [-0.05, 0) is 22.0 Å². The first-order chi connectivity index (χ1) is 8.16. The number of halogens is 1. The van der Waals surface area contributed by atoms with Gasteiger partial charge in [-0.25, -0.2) is 4.79 Å². The zero-order chi connectivity index (χ0) is 12.3. The summed E-state index contributed by atoms with van der Waals surface area (Å²) in [6, 6.07) is 3.18. The number of hydrogen-bond acceptors (Lipinski definition) is 4. The third-order valence-corrected chi connectivity index (χ3v) is 2.35. The molecule has 2 rings (SSSR count). The molecule has 86 valence electrons. The summed E-state index contributed by atoms with van der Waals surface area (Å²) in [6.07, 6.45) is 5.81. The summed E-state index contributed by atoms with van der Waals surface area (Å²) in [6.45, 7) is 0. The Kier molecular flexibility index (Phi) is 3.34. The predicted octanol–water partition coefficient (Wildman–Crippen LogP) is 2.73. The van der Waals surface area contributed by atoms with Crippen LogP contribution < -0.4 is 4.74 Å². The molecule has 0 saturated heterocycles. The summed E-state index contributed by atoms with van der Waals surface area (Å²) in [5, 5.41) is 8.95. The minimum Gasteiger partial charge on any atom is -0.477 e. The molecule has 6 heteroatoms. The molecule has 0 saturated carbocycles. The second-order valence-corrected chi connectivity index (χ2v) is 4.03. The van der Waals surface area contributed by atoms with Crippen molar-refractivity contribution in [3.05, 3.63) is 47.0 Å². The van der Waals surface area contributed by atoms with Gasteiger partial charge in [-0.2, -0.15) is 0 Å². The van der Waals surface area contributed by atoms with Crippen molar-refractivity contribution in [1.29, 1.82) is 0 Å². The van der Waals surface area contributed by atoms with E-state index in [0.717, 1.165) is 4.47 Å². The molecule has 0 atom stereocenters. The van der Waals surface area contributed by atoms with Crippen LogP contribution in [-0.2, 0) is 0 Å². The zero-order valence-electron chi connectivity index (χ0n) is 8.50. The average Bonchev–Trinajstić information content (AvgIpc) is 2.29. The molecule has 0 radical (unpaired) electrons. The van der Waals surface area contributed by atoms with E-state index in [4.69, 9.17) is 9.84 Å². The van der Waals surface area contributed by atoms with Gasteiger partial charge in [-0.1, -0.05) is 0 Å². The first kappa shape index (κ1) is 11.5. The normalized spacial score (nSPS) is 9.94. The molecule has 1 N–H and O–H groups in total. The van der Waals surface area contributed by atoms with Crippen molar-refractivity contribution in [2.75, 3.05) is 0 Å². The molecule has 0 unspecified atom stereocenters. The summed E-state index contributed by atoms with van der Waals surface area (Å²) in [5.74, 6) is -0.406. The first-order valence-electron chi connectivity index (χ1n) is 4.62. The van der Waals surface area contributed by atoms with Gasteiger partial charge in [0.05, 0.1) is 6.20 Å². The van der Waals surface area contributed by atoms with E-state index in [-0.39, 0.29) is 11.3 Å². The summed E-state index contributed by atoms with van der Waals surface area (Å²) in [5.41, 5.74) is 0.00692. The second kappa shape index (κ2) is 4.92. The molecule has 17 heavy (non-hydrogen) atoms. The smallest absolute Gasteiger partial charge is 0.341 e. The second-order valence-electron chi connectivity index (χ2n) is 3.12. The van der Waals surface area contributed by atoms with E-state index in [0.29, 0.717) is 5.75 Å². The number of pyridine rings is 2. The fraction of sp³-hybridized carbons (Fsp3) is 0. The van der Waals surface area contributed by atoms with Gasteiger partial charge in [0.2, 0.25) is 0 Å². The van der Waals surface area contributed by atoms with E-state index < -0.39 is 5.97 Å². The van der Waals surface area contributed by atoms with Crippen molar-refractivity contribution >= 4 is 21.9 Å². The topological polar surface area (TPSA) is 72.3 Å². The molecule has 0 aromatic carbocycles. The van der Waals surface area contributed by atoms with Crippen LogP contribution in [0.1, 0.15) is 10.4 Å². The Morgan fingerprint density at radius 2 is 2.12 bits per heavy atom. The zero-order valence-corrected chi connectivity index (χ0v) is 10.1. The van der Waals surface area contributed by atoms with Crippen LogP contribution in [0.15, 0.2) is 41.4 Å². The number of carbonyl (C=O) groups is 1. The number of carboxylic acid groups (broad SMARTS) is 1. The lowest BCUT2D eigenvalue weighted by Crippen LogP contribution is -2.00. The lowest BCUT2D eigenvalue weighted by molar-refractivity contribution is 0.0693. The monoisotopic (exact) mass is 294 g/mol. The van der Waals surface area contributed by atoms with Gasteiger partial charge in [0.15, 0.2) is 0 Å². The molecular weight excluding hydrogens is 288 g/mol. The van der Waals surface area contributed by atoms with Crippen molar-refractivity contribution < 1.29 is 14.6 Å². The van der Waals surface area contributed by atoms with Gasteiger partial charge in [0, 0.05) is 29.1 Å². The number of hydrogen-bond donors (Lipinski definition) is 1. The molecule has 0 spiro atoms. The van der Waals surface area contributed by atoms with E-state index in [1.54, 1.807) is 12.3 Å². The van der Waals surface area contributed by atoms with Gasteiger partial charge in [-0.3, -0.25) is 9.97 Å². The van der Waals surface area contributed by atoms with Crippen molar-refractivity contribution in [1.82, 2.24) is 9.97 Å². The van der Waals surface area contributed by atoms with Gasteiger partial charge < -0.3 is 9.84 Å². The van der Waals surface area contributed by atoms with Crippen LogP contribution in [0.4, 0.5) is 0 Å². The minimum atomic E-state index is -1.09. The van der Waals surface area contributed by atoms with Crippen molar-refractivity contribution in [2.45, 2.75) is 0 Å². The Bertz CT molecular complexity index is 560. The summed E-state index contributed by atoms with van der Waals surface area (Å²) in [4.78, 5) is 18.6. The fourth-order valence-corrected chi connectivity index (χ4v) is 1.55. The van der Waals surface area contributed by atoms with E-state index in [1.807, 2.05) is 0 Å². The van der Waals surface area contributed by atoms with Gasteiger partial charge in [-0.15, -0.1) is 0 Å². The van der Waals surface area contributed by atoms with E-state index in [1.165, 1.54) is 24.7 Å². The van der Waals surface area contributed by atoms with Crippen LogP contribution in [0.5, 0.6) is 11.5 Å². The number of aromatic nitrogens is 2. The van der Waals surface area contributed by atoms with Crippen LogP contribution in [0.3, 0.4) is 0 Å². The molecule has 2 heterocycles. The quantitative estimate of drug-likeness (QED) is 0.942. The molecular formula is C11H7BrN2O3. The summed E-state index contributed by atoms with van der Waals surface area (Å²) >= 11 is 3.25. The third kappa shape index (κ3) is 2.79. The fourth-order valence-electron chi connectivity index (χ4n) is 1.21. The van der Waals surface area contributed by atoms with Crippen molar-refractivity contribution in [2.24, 2.45) is 0 Å². The standard InChI is InChI=1S/C11H7BrN2O3/c12-7-3-8(5-14-4-7)17-10-1-2-13-6-9(10)11(15)16/h1-6H,(H,15,16). The maximum absolute atomic E-state index is 10.9. The highest BCUT2D eigenvalue weighted by molar-refractivity contribution is 9.10. The van der Waals surface area contributed by atoms with E-state index in [2.05, 4.69) is 25.9 Å². The number of rotatable bonds is 3. The van der Waals surface area contributed by atoms with Crippen LogP contribution in [-0.4, -0.2) is 21.0 Å². The number of aromatic carboxylic acids is 1. The molecule has 0 aliphatic carbocycles. The lowest BCUT2D eigenvalue weighted by atomic mass is 10.2. The highest BCUT2D eigenvalue weighted by Gasteiger charge is 2.11. The highest BCUT2D eigenvalue weighted by Crippen LogP contribution is 2.25. The van der Waals surface area contributed by atoms with Crippen LogP contribution in [0.25, 0.3) is 0 Å². The molecule has 0 aliphatic heterocycles. The molecule has 5 nitrogen and oxygen atoms in total.